The van der Waals surface area contributed by atoms with Crippen molar-refractivity contribution in [1.82, 2.24) is 29.4 Å². The summed E-state index contributed by atoms with van der Waals surface area (Å²) < 4.78 is 41.7. The predicted molar refractivity (Wildman–Crippen MR) is 105 cm³/mol. The Morgan fingerprint density at radius 2 is 1.97 bits per heavy atom. The summed E-state index contributed by atoms with van der Waals surface area (Å²) in [6.07, 6.45) is -1.58. The molecule has 4 heterocycles. The second-order valence-electron chi connectivity index (χ2n) is 7.16. The van der Waals surface area contributed by atoms with Crippen molar-refractivity contribution in [2.45, 2.75) is 32.5 Å². The number of aromatic nitrogens is 6. The van der Waals surface area contributed by atoms with Crippen molar-refractivity contribution in [2.75, 3.05) is 5.32 Å². The first-order chi connectivity index (χ1) is 14.6. The standard InChI is InChI=1S/C19H16F3N7O2/c1-10(2)16-17-12(4-5-13(25-17)19(20,21)22)18(31)29(27-16)8-15(30)24-11-3-6-14-26-23-9-28(14)7-11/h3-7,9-10H,8H2,1-2H3,(H,24,30). The molecular weight excluding hydrogens is 415 g/mol. The van der Waals surface area contributed by atoms with Crippen LogP contribution in [-0.2, 0) is 17.5 Å². The molecule has 4 aromatic heterocycles. The Kier molecular flexibility index (Phi) is 4.91. The van der Waals surface area contributed by atoms with Gasteiger partial charge in [-0.25, -0.2) is 9.67 Å². The number of carbonyl (C=O) groups is 1. The van der Waals surface area contributed by atoms with E-state index in [9.17, 15) is 22.8 Å². The number of hydrogen-bond acceptors (Lipinski definition) is 6. The molecule has 0 saturated carbocycles. The van der Waals surface area contributed by atoms with Gasteiger partial charge >= 0.3 is 6.18 Å². The molecule has 160 valence electrons. The van der Waals surface area contributed by atoms with Gasteiger partial charge in [0.2, 0.25) is 5.91 Å². The van der Waals surface area contributed by atoms with Crippen molar-refractivity contribution in [1.29, 1.82) is 0 Å². The quantitative estimate of drug-likeness (QED) is 0.532. The summed E-state index contributed by atoms with van der Waals surface area (Å²) in [5, 5.41) is 14.4. The lowest BCUT2D eigenvalue weighted by Crippen LogP contribution is -2.31. The van der Waals surface area contributed by atoms with Crippen LogP contribution in [0.5, 0.6) is 0 Å². The Morgan fingerprint density at radius 3 is 2.68 bits per heavy atom. The maximum absolute atomic E-state index is 13.1. The predicted octanol–water partition coefficient (Wildman–Crippen LogP) is 2.62. The number of nitrogens with one attached hydrogen (secondary N) is 1. The number of halogens is 3. The van der Waals surface area contributed by atoms with Crippen LogP contribution in [0.4, 0.5) is 18.9 Å². The molecule has 0 unspecified atom stereocenters. The van der Waals surface area contributed by atoms with Crippen LogP contribution in [0.1, 0.15) is 31.2 Å². The molecule has 0 bridgehead atoms. The smallest absolute Gasteiger partial charge is 0.323 e. The number of fused-ring (bicyclic) bond motifs is 2. The SMILES string of the molecule is CC(C)c1nn(CC(=O)Nc2ccc3nncn3c2)c(=O)c2ccc(C(F)(F)F)nc12. The molecule has 0 aliphatic heterocycles. The van der Waals surface area contributed by atoms with Gasteiger partial charge in [-0.15, -0.1) is 10.2 Å². The molecule has 9 nitrogen and oxygen atoms in total. The molecule has 0 aliphatic rings. The van der Waals surface area contributed by atoms with Crippen LogP contribution in [0.2, 0.25) is 0 Å². The van der Waals surface area contributed by atoms with E-state index in [1.807, 2.05) is 0 Å². The first-order valence-electron chi connectivity index (χ1n) is 9.21. The highest BCUT2D eigenvalue weighted by atomic mass is 19.4. The molecule has 0 saturated heterocycles. The fourth-order valence-corrected chi connectivity index (χ4v) is 3.08. The molecule has 0 fully saturated rings. The molecular formula is C19H16F3N7O2. The van der Waals surface area contributed by atoms with Gasteiger partial charge in [-0.05, 0) is 30.2 Å². The fourth-order valence-electron chi connectivity index (χ4n) is 3.08. The third-order valence-corrected chi connectivity index (χ3v) is 4.54. The normalized spacial score (nSPS) is 12.1. The van der Waals surface area contributed by atoms with Crippen molar-refractivity contribution in [2.24, 2.45) is 0 Å². The van der Waals surface area contributed by atoms with E-state index in [1.54, 1.807) is 36.6 Å². The number of amides is 1. The molecule has 0 radical (unpaired) electrons. The number of hydrogen-bond donors (Lipinski definition) is 1. The maximum atomic E-state index is 13.1. The van der Waals surface area contributed by atoms with Crippen LogP contribution in [0.3, 0.4) is 0 Å². The molecule has 1 N–H and O–H groups in total. The lowest BCUT2D eigenvalue weighted by molar-refractivity contribution is -0.141. The summed E-state index contributed by atoms with van der Waals surface area (Å²) in [6.45, 7) is 3.01. The van der Waals surface area contributed by atoms with E-state index in [4.69, 9.17) is 0 Å². The number of alkyl halides is 3. The van der Waals surface area contributed by atoms with Crippen molar-refractivity contribution in [3.8, 4) is 0 Å². The van der Waals surface area contributed by atoms with E-state index in [0.29, 0.717) is 11.3 Å². The van der Waals surface area contributed by atoms with Gasteiger partial charge < -0.3 is 5.32 Å². The van der Waals surface area contributed by atoms with Crippen LogP contribution in [-0.4, -0.2) is 35.3 Å². The Balaban J connectivity index is 1.68. The molecule has 0 aromatic carbocycles. The summed E-state index contributed by atoms with van der Waals surface area (Å²) in [7, 11) is 0. The minimum atomic E-state index is -4.65. The molecule has 4 aromatic rings. The lowest BCUT2D eigenvalue weighted by atomic mass is 10.1. The Labute approximate surface area is 172 Å². The molecule has 12 heteroatoms. The largest absolute Gasteiger partial charge is 0.433 e. The first-order valence-corrected chi connectivity index (χ1v) is 9.21. The second kappa shape index (κ2) is 7.45. The van der Waals surface area contributed by atoms with E-state index < -0.39 is 29.9 Å². The number of nitrogens with zero attached hydrogens (tertiary/aromatic N) is 6. The van der Waals surface area contributed by atoms with Crippen LogP contribution in [0, 0.1) is 0 Å². The van der Waals surface area contributed by atoms with Crippen LogP contribution >= 0.6 is 0 Å². The van der Waals surface area contributed by atoms with E-state index in [2.05, 4.69) is 25.6 Å². The zero-order valence-corrected chi connectivity index (χ0v) is 16.4. The molecule has 31 heavy (non-hydrogen) atoms. The fraction of sp³-hybridized carbons (Fsp3) is 0.263. The van der Waals surface area contributed by atoms with Gasteiger partial charge in [0.15, 0.2) is 5.65 Å². The van der Waals surface area contributed by atoms with Crippen molar-refractivity contribution in [3.63, 3.8) is 0 Å². The van der Waals surface area contributed by atoms with Crippen molar-refractivity contribution in [3.05, 3.63) is 58.5 Å². The van der Waals surface area contributed by atoms with Gasteiger partial charge in [0.05, 0.1) is 16.8 Å². The van der Waals surface area contributed by atoms with Crippen molar-refractivity contribution < 1.29 is 18.0 Å². The first kappa shape index (κ1) is 20.4. The summed E-state index contributed by atoms with van der Waals surface area (Å²) in [4.78, 5) is 28.9. The molecule has 1 amide bonds. The van der Waals surface area contributed by atoms with Gasteiger partial charge in [0.25, 0.3) is 5.56 Å². The maximum Gasteiger partial charge on any atom is 0.433 e. The molecule has 4 rings (SSSR count). The molecule has 0 aliphatic carbocycles. The second-order valence-corrected chi connectivity index (χ2v) is 7.16. The number of pyridine rings is 2. The Bertz CT molecular complexity index is 1360. The number of rotatable bonds is 4. The highest BCUT2D eigenvalue weighted by molar-refractivity contribution is 5.90. The zero-order valence-electron chi connectivity index (χ0n) is 16.4. The van der Waals surface area contributed by atoms with Crippen molar-refractivity contribution >= 4 is 28.1 Å². The van der Waals surface area contributed by atoms with E-state index in [1.165, 1.54) is 6.33 Å². The summed E-state index contributed by atoms with van der Waals surface area (Å²) in [5.74, 6) is -0.861. The number of anilines is 1. The van der Waals surface area contributed by atoms with Gasteiger partial charge in [0.1, 0.15) is 24.1 Å². The summed E-state index contributed by atoms with van der Waals surface area (Å²) in [5.41, 5.74) is -0.693. The van der Waals surface area contributed by atoms with E-state index in [0.717, 1.165) is 16.8 Å². The van der Waals surface area contributed by atoms with Gasteiger partial charge in [-0.1, -0.05) is 13.8 Å². The molecule has 0 atom stereocenters. The number of carbonyl (C=O) groups excluding carboxylic acids is 1. The van der Waals surface area contributed by atoms with Gasteiger partial charge in [-0.2, -0.15) is 18.3 Å². The third kappa shape index (κ3) is 3.96. The minimum absolute atomic E-state index is 0.0367. The topological polar surface area (TPSA) is 107 Å². The van der Waals surface area contributed by atoms with E-state index in [-0.39, 0.29) is 22.5 Å². The average Bonchev–Trinajstić information content (AvgIpc) is 3.16. The minimum Gasteiger partial charge on any atom is -0.323 e. The average molecular weight is 431 g/mol. The van der Waals surface area contributed by atoms with E-state index >= 15 is 0 Å². The third-order valence-electron chi connectivity index (χ3n) is 4.54. The lowest BCUT2D eigenvalue weighted by Gasteiger charge is -2.14. The Hall–Kier alpha value is -3.83. The van der Waals surface area contributed by atoms with Gasteiger partial charge in [0, 0.05) is 6.20 Å². The molecule has 0 spiro atoms. The van der Waals surface area contributed by atoms with Crippen LogP contribution in [0.25, 0.3) is 16.6 Å². The monoisotopic (exact) mass is 431 g/mol. The summed E-state index contributed by atoms with van der Waals surface area (Å²) >= 11 is 0. The Morgan fingerprint density at radius 1 is 1.19 bits per heavy atom. The highest BCUT2D eigenvalue weighted by Gasteiger charge is 2.33. The zero-order chi connectivity index (χ0) is 22.3. The summed E-state index contributed by atoms with van der Waals surface area (Å²) in [6, 6.07) is 5.09. The van der Waals surface area contributed by atoms with Gasteiger partial charge in [-0.3, -0.25) is 14.0 Å². The van der Waals surface area contributed by atoms with Crippen LogP contribution in [0.15, 0.2) is 41.6 Å². The van der Waals surface area contributed by atoms with Crippen LogP contribution < -0.4 is 10.9 Å². The highest BCUT2D eigenvalue weighted by Crippen LogP contribution is 2.30.